The largest absolute Gasteiger partial charge is 0.411 e. The van der Waals surface area contributed by atoms with Gasteiger partial charge in [0.1, 0.15) is 6.61 Å². The fraction of sp³-hybridized carbons (Fsp3) is 0.400. The molecule has 0 saturated carbocycles. The van der Waals surface area contributed by atoms with Gasteiger partial charge in [-0.25, -0.2) is 0 Å². The molecule has 1 rings (SSSR count). The van der Waals surface area contributed by atoms with Crippen LogP contribution in [0.15, 0.2) is 18.2 Å². The van der Waals surface area contributed by atoms with Gasteiger partial charge in [0.15, 0.2) is 0 Å². The molecule has 0 aliphatic carbocycles. The fourth-order valence-corrected chi connectivity index (χ4v) is 1.66. The number of nitrogens with one attached hydrogen (secondary N) is 1. The second-order valence-corrected chi connectivity index (χ2v) is 4.57. The summed E-state index contributed by atoms with van der Waals surface area (Å²) in [5, 5.41) is 2.91. The second kappa shape index (κ2) is 6.29. The Morgan fingerprint density at radius 3 is 2.65 bits per heavy atom. The summed E-state index contributed by atoms with van der Waals surface area (Å²) in [6.07, 6.45) is -4.28. The van der Waals surface area contributed by atoms with E-state index < -0.39 is 12.8 Å². The molecule has 1 aromatic rings. The molecule has 3 N–H and O–H groups in total. The minimum Gasteiger partial charge on any atom is -0.397 e. The molecule has 0 amide bonds. The van der Waals surface area contributed by atoms with E-state index in [0.29, 0.717) is 11.4 Å². The van der Waals surface area contributed by atoms with Gasteiger partial charge in [-0.15, -0.1) is 0 Å². The van der Waals surface area contributed by atoms with Crippen LogP contribution in [-0.4, -0.2) is 25.9 Å². The number of halogens is 4. The molecule has 7 heteroatoms. The van der Waals surface area contributed by atoms with Gasteiger partial charge >= 0.3 is 6.18 Å². The zero-order valence-corrected chi connectivity index (χ0v) is 11.0. The van der Waals surface area contributed by atoms with Gasteiger partial charge in [0, 0.05) is 10.1 Å². The molecule has 0 aliphatic heterocycles. The Hall–Kier alpha value is -0.700. The number of hydrogen-bond acceptors (Lipinski definition) is 3. The quantitative estimate of drug-likeness (QED) is 0.482. The third kappa shape index (κ3) is 5.97. The molecule has 0 heterocycles. The van der Waals surface area contributed by atoms with Gasteiger partial charge in [-0.05, 0) is 40.8 Å². The predicted octanol–water partition coefficient (Wildman–Crippen LogP) is 2.86. The van der Waals surface area contributed by atoms with Crippen molar-refractivity contribution in [3.63, 3.8) is 0 Å². The van der Waals surface area contributed by atoms with E-state index in [1.165, 1.54) is 0 Å². The van der Waals surface area contributed by atoms with E-state index in [2.05, 4.69) is 32.6 Å². The highest BCUT2D eigenvalue weighted by Crippen LogP contribution is 2.20. The Labute approximate surface area is 111 Å². The van der Waals surface area contributed by atoms with Gasteiger partial charge in [0.2, 0.25) is 0 Å². The Morgan fingerprint density at radius 2 is 2.06 bits per heavy atom. The van der Waals surface area contributed by atoms with Crippen molar-refractivity contribution in [2.24, 2.45) is 0 Å². The summed E-state index contributed by atoms with van der Waals surface area (Å²) in [6, 6.07) is 5.41. The van der Waals surface area contributed by atoms with Crippen molar-refractivity contribution in [1.29, 1.82) is 0 Å². The number of nitrogens with two attached hydrogens (primary N) is 1. The lowest BCUT2D eigenvalue weighted by molar-refractivity contribution is -0.172. The summed E-state index contributed by atoms with van der Waals surface area (Å²) in [7, 11) is 0. The van der Waals surface area contributed by atoms with E-state index in [9.17, 15) is 13.2 Å². The summed E-state index contributed by atoms with van der Waals surface area (Å²) in [4.78, 5) is 0. The highest BCUT2D eigenvalue weighted by molar-refractivity contribution is 14.1. The molecule has 0 aromatic heterocycles. The van der Waals surface area contributed by atoms with E-state index in [1.54, 1.807) is 12.1 Å². The molecule has 0 unspecified atom stereocenters. The van der Waals surface area contributed by atoms with Crippen molar-refractivity contribution in [2.45, 2.75) is 6.18 Å². The number of hydrogen-bond donors (Lipinski definition) is 2. The Morgan fingerprint density at radius 1 is 1.35 bits per heavy atom. The molecule has 0 atom stereocenters. The van der Waals surface area contributed by atoms with E-state index in [1.807, 2.05) is 6.07 Å². The van der Waals surface area contributed by atoms with Crippen LogP contribution in [0.4, 0.5) is 24.5 Å². The van der Waals surface area contributed by atoms with Crippen molar-refractivity contribution in [3.8, 4) is 0 Å². The van der Waals surface area contributed by atoms with Gasteiger partial charge in [0.25, 0.3) is 0 Å². The van der Waals surface area contributed by atoms with Gasteiger partial charge < -0.3 is 15.8 Å². The fourth-order valence-electron chi connectivity index (χ4n) is 1.14. The minimum absolute atomic E-state index is 0.0229. The lowest BCUT2D eigenvalue weighted by atomic mass is 10.3. The highest BCUT2D eigenvalue weighted by Gasteiger charge is 2.27. The number of nitrogen functional groups attached to an aromatic ring is 1. The maximum absolute atomic E-state index is 11.7. The maximum Gasteiger partial charge on any atom is 0.411 e. The minimum atomic E-state index is -4.28. The van der Waals surface area contributed by atoms with Gasteiger partial charge in [0.05, 0.1) is 18.0 Å². The van der Waals surface area contributed by atoms with Crippen LogP contribution in [0.5, 0.6) is 0 Å². The average Bonchev–Trinajstić information content (AvgIpc) is 2.18. The number of benzene rings is 1. The summed E-state index contributed by atoms with van der Waals surface area (Å²) < 4.78 is 40.7. The molecular formula is C10H12F3IN2O. The van der Waals surface area contributed by atoms with Gasteiger partial charge in [-0.3, -0.25) is 0 Å². The van der Waals surface area contributed by atoms with Crippen LogP contribution in [0.3, 0.4) is 0 Å². The third-order valence-corrected chi connectivity index (χ3v) is 2.51. The number of anilines is 2. The van der Waals surface area contributed by atoms with Crippen LogP contribution >= 0.6 is 22.6 Å². The molecule has 0 saturated heterocycles. The molecule has 3 nitrogen and oxygen atoms in total. The Kier molecular flexibility index (Phi) is 5.31. The summed E-state index contributed by atoms with van der Waals surface area (Å²) >= 11 is 2.12. The maximum atomic E-state index is 11.7. The van der Waals surface area contributed by atoms with Gasteiger partial charge in [-0.1, -0.05) is 0 Å². The molecule has 0 aliphatic rings. The molecule has 17 heavy (non-hydrogen) atoms. The number of rotatable bonds is 5. The zero-order valence-electron chi connectivity index (χ0n) is 8.85. The molecule has 0 bridgehead atoms. The monoisotopic (exact) mass is 360 g/mol. The van der Waals surface area contributed by atoms with E-state index in [-0.39, 0.29) is 13.2 Å². The first-order valence-electron chi connectivity index (χ1n) is 4.82. The normalized spacial score (nSPS) is 11.5. The second-order valence-electron chi connectivity index (χ2n) is 3.33. The van der Waals surface area contributed by atoms with Crippen LogP contribution in [-0.2, 0) is 4.74 Å². The molecule has 0 fully saturated rings. The SMILES string of the molecule is Nc1cc(I)ccc1NCCOCC(F)(F)F. The smallest absolute Gasteiger partial charge is 0.397 e. The van der Waals surface area contributed by atoms with Crippen LogP contribution in [0.2, 0.25) is 0 Å². The molecular weight excluding hydrogens is 348 g/mol. The van der Waals surface area contributed by atoms with E-state index >= 15 is 0 Å². The van der Waals surface area contributed by atoms with Crippen molar-refractivity contribution in [1.82, 2.24) is 0 Å². The summed E-state index contributed by atoms with van der Waals surface area (Å²) in [6.45, 7) is -0.970. The van der Waals surface area contributed by atoms with Crippen LogP contribution in [0.1, 0.15) is 0 Å². The van der Waals surface area contributed by atoms with E-state index in [4.69, 9.17) is 5.73 Å². The molecule has 0 radical (unpaired) electrons. The lowest BCUT2D eigenvalue weighted by Gasteiger charge is -2.11. The predicted molar refractivity (Wildman–Crippen MR) is 68.9 cm³/mol. The van der Waals surface area contributed by atoms with Crippen LogP contribution in [0, 0.1) is 3.57 Å². The van der Waals surface area contributed by atoms with Crippen LogP contribution in [0.25, 0.3) is 0 Å². The first kappa shape index (κ1) is 14.4. The Bertz CT molecular complexity index is 371. The summed E-state index contributed by atoms with van der Waals surface area (Å²) in [5.41, 5.74) is 6.98. The number of alkyl halides is 3. The van der Waals surface area contributed by atoms with Crippen LogP contribution < -0.4 is 11.1 Å². The number of ether oxygens (including phenoxy) is 1. The topological polar surface area (TPSA) is 47.3 Å². The van der Waals surface area contributed by atoms with Gasteiger partial charge in [-0.2, -0.15) is 13.2 Å². The standard InChI is InChI=1S/C10H12F3IN2O/c11-10(12,13)6-17-4-3-16-9-2-1-7(14)5-8(9)15/h1-2,5,16H,3-4,6,15H2. The first-order valence-corrected chi connectivity index (χ1v) is 5.90. The van der Waals surface area contributed by atoms with E-state index in [0.717, 1.165) is 3.57 Å². The van der Waals surface area contributed by atoms with Crippen molar-refractivity contribution < 1.29 is 17.9 Å². The molecule has 0 spiro atoms. The summed E-state index contributed by atoms with van der Waals surface area (Å²) in [5.74, 6) is 0. The molecule has 1 aromatic carbocycles. The first-order chi connectivity index (χ1) is 7.88. The zero-order chi connectivity index (χ0) is 12.9. The highest BCUT2D eigenvalue weighted by atomic mass is 127. The lowest BCUT2D eigenvalue weighted by Crippen LogP contribution is -2.20. The van der Waals surface area contributed by atoms with Crippen molar-refractivity contribution in [3.05, 3.63) is 21.8 Å². The Balaban J connectivity index is 2.27. The molecule has 96 valence electrons. The van der Waals surface area contributed by atoms with Crippen molar-refractivity contribution in [2.75, 3.05) is 30.8 Å². The third-order valence-electron chi connectivity index (χ3n) is 1.84. The average molecular weight is 360 g/mol. The van der Waals surface area contributed by atoms with Crippen molar-refractivity contribution >= 4 is 34.0 Å².